The van der Waals surface area contributed by atoms with Gasteiger partial charge in [0.25, 0.3) is 5.91 Å². The molecule has 24 heavy (non-hydrogen) atoms. The summed E-state index contributed by atoms with van der Waals surface area (Å²) in [6, 6.07) is 6.89. The van der Waals surface area contributed by atoms with Crippen LogP contribution in [0.2, 0.25) is 5.02 Å². The van der Waals surface area contributed by atoms with Crippen molar-refractivity contribution in [2.24, 2.45) is 5.92 Å². The Bertz CT molecular complexity index is 559. The topological polar surface area (TPSA) is 70.2 Å². The number of hydrogen-bond donors (Lipinski definition) is 3. The number of hydrogen-bond acceptors (Lipinski definition) is 2. The predicted octanol–water partition coefficient (Wildman–Crippen LogP) is 3.34. The highest BCUT2D eigenvalue weighted by molar-refractivity contribution is 6.33. The average Bonchev–Trinajstić information content (AvgIpc) is 2.59. The van der Waals surface area contributed by atoms with Crippen LogP contribution in [0.5, 0.6) is 0 Å². The van der Waals surface area contributed by atoms with Crippen LogP contribution in [0.1, 0.15) is 49.4 Å². The highest BCUT2D eigenvalue weighted by atomic mass is 35.5. The zero-order chi connectivity index (χ0) is 17.4. The van der Waals surface area contributed by atoms with Crippen molar-refractivity contribution in [1.29, 1.82) is 0 Å². The van der Waals surface area contributed by atoms with Crippen molar-refractivity contribution in [3.05, 3.63) is 34.9 Å². The van der Waals surface area contributed by atoms with Gasteiger partial charge in [-0.2, -0.15) is 0 Å². The Morgan fingerprint density at radius 2 is 1.79 bits per heavy atom. The average molecular weight is 352 g/mol. The number of benzene rings is 1. The lowest BCUT2D eigenvalue weighted by Gasteiger charge is -2.28. The van der Waals surface area contributed by atoms with Crippen LogP contribution in [0.3, 0.4) is 0 Å². The third-order valence-corrected chi connectivity index (χ3v) is 4.86. The van der Waals surface area contributed by atoms with Gasteiger partial charge in [-0.15, -0.1) is 0 Å². The monoisotopic (exact) mass is 351 g/mol. The zero-order valence-electron chi connectivity index (χ0n) is 14.1. The maximum Gasteiger partial charge on any atom is 0.315 e. The quantitative estimate of drug-likeness (QED) is 0.688. The number of urea groups is 1. The van der Waals surface area contributed by atoms with Crippen LogP contribution < -0.4 is 16.0 Å². The molecule has 0 aliphatic heterocycles. The summed E-state index contributed by atoms with van der Waals surface area (Å²) >= 11 is 5.97. The summed E-state index contributed by atoms with van der Waals surface area (Å²) < 4.78 is 0. The van der Waals surface area contributed by atoms with E-state index in [0.29, 0.717) is 29.6 Å². The van der Waals surface area contributed by atoms with Gasteiger partial charge in [0, 0.05) is 19.1 Å². The standard InChI is InChI=1S/C18H26ClN3O2/c1-13(14-7-3-2-4-8-14)22-18(24)21-12-11-20-17(23)15-9-5-6-10-16(15)19/h5-6,9-10,13-14H,2-4,7-8,11-12H2,1H3,(H,20,23)(H2,21,22,24). The second-order valence-corrected chi connectivity index (χ2v) is 6.73. The number of amides is 3. The molecule has 1 aliphatic carbocycles. The van der Waals surface area contributed by atoms with Crippen molar-refractivity contribution >= 4 is 23.5 Å². The smallest absolute Gasteiger partial charge is 0.315 e. The third kappa shape index (κ3) is 5.71. The molecule has 6 heteroatoms. The first-order valence-electron chi connectivity index (χ1n) is 8.65. The Morgan fingerprint density at radius 3 is 2.50 bits per heavy atom. The minimum Gasteiger partial charge on any atom is -0.350 e. The lowest BCUT2D eigenvalue weighted by atomic mass is 9.85. The van der Waals surface area contributed by atoms with E-state index in [1.807, 2.05) is 0 Å². The molecule has 1 unspecified atom stereocenters. The Kier molecular flexibility index (Phi) is 7.37. The number of carbonyl (C=O) groups excluding carboxylic acids is 2. The van der Waals surface area contributed by atoms with E-state index in [2.05, 4.69) is 22.9 Å². The summed E-state index contributed by atoms with van der Waals surface area (Å²) in [5, 5.41) is 8.94. The van der Waals surface area contributed by atoms with E-state index >= 15 is 0 Å². The Morgan fingerprint density at radius 1 is 1.12 bits per heavy atom. The fraction of sp³-hybridized carbons (Fsp3) is 0.556. The van der Waals surface area contributed by atoms with Gasteiger partial charge < -0.3 is 16.0 Å². The van der Waals surface area contributed by atoms with Crippen LogP contribution >= 0.6 is 11.6 Å². The summed E-state index contributed by atoms with van der Waals surface area (Å²) in [7, 11) is 0. The Balaban J connectivity index is 1.64. The highest BCUT2D eigenvalue weighted by Crippen LogP contribution is 2.26. The first kappa shape index (κ1) is 18.6. The summed E-state index contributed by atoms with van der Waals surface area (Å²) in [6.45, 7) is 2.80. The van der Waals surface area contributed by atoms with Crippen LogP contribution in [0, 0.1) is 5.92 Å². The van der Waals surface area contributed by atoms with E-state index in [-0.39, 0.29) is 18.0 Å². The van der Waals surface area contributed by atoms with Crippen molar-refractivity contribution in [2.75, 3.05) is 13.1 Å². The Hall–Kier alpha value is -1.75. The molecular weight excluding hydrogens is 326 g/mol. The molecule has 3 N–H and O–H groups in total. The maximum atomic E-state index is 12.0. The van der Waals surface area contributed by atoms with Gasteiger partial charge in [-0.1, -0.05) is 43.0 Å². The third-order valence-electron chi connectivity index (χ3n) is 4.53. The molecule has 3 amide bonds. The van der Waals surface area contributed by atoms with Gasteiger partial charge in [-0.25, -0.2) is 4.79 Å². The summed E-state index contributed by atoms with van der Waals surface area (Å²) in [6.07, 6.45) is 6.20. The molecular formula is C18H26ClN3O2. The second-order valence-electron chi connectivity index (χ2n) is 6.32. The van der Waals surface area contributed by atoms with Gasteiger partial charge in [0.1, 0.15) is 0 Å². The lowest BCUT2D eigenvalue weighted by molar-refractivity contribution is 0.0954. The number of carbonyl (C=O) groups is 2. The van der Waals surface area contributed by atoms with Crippen molar-refractivity contribution in [3.8, 4) is 0 Å². The molecule has 1 aromatic rings. The first-order chi connectivity index (χ1) is 11.6. The first-order valence-corrected chi connectivity index (χ1v) is 9.03. The summed E-state index contributed by atoms with van der Waals surface area (Å²) in [5.74, 6) is 0.336. The van der Waals surface area contributed by atoms with Crippen molar-refractivity contribution in [1.82, 2.24) is 16.0 Å². The van der Waals surface area contributed by atoms with Crippen molar-refractivity contribution in [2.45, 2.75) is 45.1 Å². The normalized spacial score (nSPS) is 16.2. The van der Waals surface area contributed by atoms with E-state index in [4.69, 9.17) is 11.6 Å². The minimum atomic E-state index is -0.238. The minimum absolute atomic E-state index is 0.180. The molecule has 0 bridgehead atoms. The van der Waals surface area contributed by atoms with Crippen LogP contribution in [0.25, 0.3) is 0 Å². The van der Waals surface area contributed by atoms with Crippen LogP contribution in [0.4, 0.5) is 4.79 Å². The molecule has 0 aromatic heterocycles. The molecule has 5 nitrogen and oxygen atoms in total. The molecule has 0 spiro atoms. The molecule has 132 valence electrons. The van der Waals surface area contributed by atoms with Gasteiger partial charge in [-0.05, 0) is 37.8 Å². The van der Waals surface area contributed by atoms with Gasteiger partial charge in [0.15, 0.2) is 0 Å². The largest absolute Gasteiger partial charge is 0.350 e. The highest BCUT2D eigenvalue weighted by Gasteiger charge is 2.21. The van der Waals surface area contributed by atoms with E-state index < -0.39 is 0 Å². The zero-order valence-corrected chi connectivity index (χ0v) is 14.9. The van der Waals surface area contributed by atoms with Gasteiger partial charge in [0.05, 0.1) is 10.6 Å². The van der Waals surface area contributed by atoms with E-state index in [0.717, 1.165) is 0 Å². The predicted molar refractivity (Wildman–Crippen MR) is 96.4 cm³/mol. The summed E-state index contributed by atoms with van der Waals surface area (Å²) in [5.41, 5.74) is 0.439. The van der Waals surface area contributed by atoms with Crippen LogP contribution in [0.15, 0.2) is 24.3 Å². The molecule has 1 atom stereocenters. The lowest BCUT2D eigenvalue weighted by Crippen LogP contribution is -2.46. The second kappa shape index (κ2) is 9.52. The molecule has 0 saturated heterocycles. The van der Waals surface area contributed by atoms with Crippen LogP contribution in [-0.2, 0) is 0 Å². The molecule has 1 fully saturated rings. The maximum absolute atomic E-state index is 12.0. The molecule has 0 heterocycles. The number of nitrogens with one attached hydrogen (secondary N) is 3. The number of rotatable bonds is 6. The van der Waals surface area contributed by atoms with E-state index in [1.54, 1.807) is 24.3 Å². The van der Waals surface area contributed by atoms with E-state index in [1.165, 1.54) is 32.1 Å². The fourth-order valence-electron chi connectivity index (χ4n) is 3.10. The summed E-state index contributed by atoms with van der Waals surface area (Å²) in [4.78, 5) is 23.9. The number of halogens is 1. The molecule has 2 rings (SSSR count). The van der Waals surface area contributed by atoms with Gasteiger partial charge in [-0.3, -0.25) is 4.79 Å². The van der Waals surface area contributed by atoms with Gasteiger partial charge in [0.2, 0.25) is 0 Å². The molecule has 0 radical (unpaired) electrons. The van der Waals surface area contributed by atoms with Crippen molar-refractivity contribution in [3.63, 3.8) is 0 Å². The molecule has 1 aromatic carbocycles. The van der Waals surface area contributed by atoms with Crippen LogP contribution in [-0.4, -0.2) is 31.1 Å². The SMILES string of the molecule is CC(NC(=O)NCCNC(=O)c1ccccc1Cl)C1CCCCC1. The van der Waals surface area contributed by atoms with Gasteiger partial charge >= 0.3 is 6.03 Å². The molecule has 1 saturated carbocycles. The fourth-order valence-corrected chi connectivity index (χ4v) is 3.32. The molecule has 1 aliphatic rings. The van der Waals surface area contributed by atoms with Crippen molar-refractivity contribution < 1.29 is 9.59 Å². The van der Waals surface area contributed by atoms with E-state index in [9.17, 15) is 9.59 Å². The Labute approximate surface area is 148 Å².